The van der Waals surface area contributed by atoms with E-state index in [4.69, 9.17) is 5.73 Å². The van der Waals surface area contributed by atoms with Crippen LogP contribution < -0.4 is 21.9 Å². The molecular formula is C41H53N5O6. The van der Waals surface area contributed by atoms with E-state index in [1.165, 1.54) is 12.1 Å². The maximum atomic E-state index is 13.2. The van der Waals surface area contributed by atoms with Crippen LogP contribution in [0.1, 0.15) is 94.8 Å². The number of carbonyl (C=O) groups excluding carboxylic acids is 1. The second-order valence-electron chi connectivity index (χ2n) is 15.2. The van der Waals surface area contributed by atoms with Gasteiger partial charge in [0, 0.05) is 42.2 Å². The number of aromatic amines is 1. The van der Waals surface area contributed by atoms with Crippen molar-refractivity contribution in [1.82, 2.24) is 20.5 Å². The number of allylic oxidation sites excluding steroid dienone is 1. The molecule has 2 aromatic carbocycles. The first kappa shape index (κ1) is 37.3. The standard InChI is InChI=1S/C41H53N5O6/c1-40(28-8-4-2-5-9-28)22-23-41(42,24-35(40)46(39(51)52)30-10-6-3-7-11-30)21-20-37(50)44-29-14-12-27(13-15-29)25-43-26-34(48)31-16-18-33(47)38-32(31)17-19-36(49)45-38/h2,4-5,8-9,16-19,22-24,27,29-30,34,43,47-48H,3,6-7,10-15,20-21,25-26,42H2,1H3,(H,44,50)(H,45,49)(H,51,52)/t27-,29-,34-,40-,41-/m0/s1. The van der Waals surface area contributed by atoms with Crippen molar-refractivity contribution in [2.24, 2.45) is 11.7 Å². The molecule has 0 bridgehead atoms. The predicted octanol–water partition coefficient (Wildman–Crippen LogP) is 5.73. The van der Waals surface area contributed by atoms with Gasteiger partial charge in [0.15, 0.2) is 0 Å². The summed E-state index contributed by atoms with van der Waals surface area (Å²) in [6, 6.07) is 16.0. The van der Waals surface area contributed by atoms with Gasteiger partial charge in [0.25, 0.3) is 0 Å². The maximum Gasteiger partial charge on any atom is 0.411 e. The SMILES string of the molecule is C[C@@]1(c2ccccc2)C=C[C@@](N)(CCC(=O)N[C@H]2CC[C@H](CNC[C@H](O)c3ccc(O)c4[nH]c(=O)ccc34)CC2)C=C1N(C(=O)O)C1CCCCC1. The van der Waals surface area contributed by atoms with Gasteiger partial charge in [0.2, 0.25) is 11.5 Å². The summed E-state index contributed by atoms with van der Waals surface area (Å²) < 4.78 is 0. The van der Waals surface area contributed by atoms with E-state index in [0.717, 1.165) is 69.9 Å². The first-order valence-corrected chi connectivity index (χ1v) is 18.8. The third-order valence-electron chi connectivity index (χ3n) is 11.5. The zero-order chi connectivity index (χ0) is 36.9. The number of pyridine rings is 1. The average molecular weight is 712 g/mol. The summed E-state index contributed by atoms with van der Waals surface area (Å²) in [5, 5.41) is 38.8. The first-order valence-electron chi connectivity index (χ1n) is 18.8. The quantitative estimate of drug-likeness (QED) is 0.116. The van der Waals surface area contributed by atoms with Gasteiger partial charge in [-0.05, 0) is 93.7 Å². The van der Waals surface area contributed by atoms with Crippen LogP contribution in [0.4, 0.5) is 4.79 Å². The molecule has 8 N–H and O–H groups in total. The molecule has 1 heterocycles. The van der Waals surface area contributed by atoms with Crippen LogP contribution in [0.3, 0.4) is 0 Å². The molecule has 1 aromatic heterocycles. The number of hydrogen-bond acceptors (Lipinski definition) is 7. The Labute approximate surface area is 305 Å². The lowest BCUT2D eigenvalue weighted by atomic mass is 9.71. The maximum absolute atomic E-state index is 13.2. The minimum atomic E-state index is -0.971. The summed E-state index contributed by atoms with van der Waals surface area (Å²) in [5.74, 6) is 0.319. The molecule has 3 atom stereocenters. The monoisotopic (exact) mass is 711 g/mol. The number of phenols is 1. The Morgan fingerprint density at radius 2 is 1.71 bits per heavy atom. The van der Waals surface area contributed by atoms with E-state index in [-0.39, 0.29) is 35.7 Å². The highest BCUT2D eigenvalue weighted by molar-refractivity contribution is 5.87. The number of aliphatic hydroxyl groups excluding tert-OH is 1. The molecule has 3 aliphatic rings. The van der Waals surface area contributed by atoms with Gasteiger partial charge in [-0.25, -0.2) is 4.79 Å². The van der Waals surface area contributed by atoms with Crippen LogP contribution in [0.15, 0.2) is 83.3 Å². The number of aliphatic hydroxyl groups is 1. The minimum Gasteiger partial charge on any atom is -0.506 e. The van der Waals surface area contributed by atoms with Gasteiger partial charge in [-0.3, -0.25) is 14.5 Å². The third kappa shape index (κ3) is 8.43. The number of aromatic nitrogens is 1. The van der Waals surface area contributed by atoms with Crippen molar-refractivity contribution in [2.75, 3.05) is 13.1 Å². The second kappa shape index (κ2) is 16.1. The molecule has 3 aliphatic carbocycles. The number of nitrogens with two attached hydrogens (primary N) is 1. The topological polar surface area (TPSA) is 181 Å². The molecule has 11 heteroatoms. The zero-order valence-corrected chi connectivity index (χ0v) is 30.0. The van der Waals surface area contributed by atoms with Crippen LogP contribution >= 0.6 is 0 Å². The number of rotatable bonds is 12. The van der Waals surface area contributed by atoms with Crippen LogP contribution in [0.2, 0.25) is 0 Å². The van der Waals surface area contributed by atoms with Crippen LogP contribution in [0, 0.1) is 5.92 Å². The molecule has 11 nitrogen and oxygen atoms in total. The number of carboxylic acid groups (broad SMARTS) is 1. The molecule has 52 heavy (non-hydrogen) atoms. The summed E-state index contributed by atoms with van der Waals surface area (Å²) in [7, 11) is 0. The van der Waals surface area contributed by atoms with Crippen molar-refractivity contribution in [2.45, 2.75) is 107 Å². The van der Waals surface area contributed by atoms with E-state index < -0.39 is 23.2 Å². The number of phenolic OH excluding ortho intramolecular Hbond substituents is 1. The number of H-pyrrole nitrogens is 1. The second-order valence-corrected chi connectivity index (χ2v) is 15.2. The Bertz CT molecular complexity index is 1850. The molecule has 2 fully saturated rings. The molecule has 0 radical (unpaired) electrons. The number of benzene rings is 2. The molecule has 0 unspecified atom stereocenters. The lowest BCUT2D eigenvalue weighted by Gasteiger charge is -2.45. The number of carbonyl (C=O) groups is 2. The average Bonchev–Trinajstić information content (AvgIpc) is 3.14. The molecule has 6 rings (SSSR count). The van der Waals surface area contributed by atoms with E-state index >= 15 is 0 Å². The molecule has 0 spiro atoms. The van der Waals surface area contributed by atoms with E-state index in [0.29, 0.717) is 41.0 Å². The van der Waals surface area contributed by atoms with Crippen molar-refractivity contribution < 1.29 is 24.9 Å². The molecular weight excluding hydrogens is 658 g/mol. The molecule has 3 aromatic rings. The zero-order valence-electron chi connectivity index (χ0n) is 30.0. The summed E-state index contributed by atoms with van der Waals surface area (Å²) in [5.41, 5.74) is 7.57. The Morgan fingerprint density at radius 3 is 2.42 bits per heavy atom. The van der Waals surface area contributed by atoms with Gasteiger partial charge >= 0.3 is 6.09 Å². The smallest absolute Gasteiger partial charge is 0.411 e. The van der Waals surface area contributed by atoms with Crippen molar-refractivity contribution in [3.63, 3.8) is 0 Å². The van der Waals surface area contributed by atoms with Crippen LogP contribution in [0.5, 0.6) is 5.75 Å². The summed E-state index contributed by atoms with van der Waals surface area (Å²) in [4.78, 5) is 42.0. The number of nitrogens with one attached hydrogen (secondary N) is 3. The molecule has 0 aliphatic heterocycles. The lowest BCUT2D eigenvalue weighted by molar-refractivity contribution is -0.122. The number of hydrogen-bond donors (Lipinski definition) is 7. The first-order chi connectivity index (χ1) is 25.0. The third-order valence-corrected chi connectivity index (χ3v) is 11.5. The van der Waals surface area contributed by atoms with Crippen LogP contribution in [-0.2, 0) is 10.2 Å². The van der Waals surface area contributed by atoms with Crippen molar-refractivity contribution in [3.05, 3.63) is 100 Å². The Balaban J connectivity index is 1.01. The normalized spacial score (nSPS) is 25.7. The highest BCUT2D eigenvalue weighted by Gasteiger charge is 2.43. The van der Waals surface area contributed by atoms with E-state index in [1.807, 2.05) is 55.5 Å². The van der Waals surface area contributed by atoms with Gasteiger partial charge in [0.05, 0.1) is 22.6 Å². The predicted molar refractivity (Wildman–Crippen MR) is 202 cm³/mol. The van der Waals surface area contributed by atoms with Gasteiger partial charge < -0.3 is 36.7 Å². The molecule has 2 amide bonds. The Hall–Kier alpha value is -4.45. The Kier molecular flexibility index (Phi) is 11.5. The van der Waals surface area contributed by atoms with Gasteiger partial charge in [-0.15, -0.1) is 0 Å². The van der Waals surface area contributed by atoms with Crippen molar-refractivity contribution in [3.8, 4) is 5.75 Å². The fraction of sp³-hybridized carbons (Fsp3) is 0.488. The highest BCUT2D eigenvalue weighted by Crippen LogP contribution is 2.43. The Morgan fingerprint density at radius 1 is 0.981 bits per heavy atom. The number of fused-ring (bicyclic) bond motifs is 1. The van der Waals surface area contributed by atoms with Crippen molar-refractivity contribution >= 4 is 22.9 Å². The fourth-order valence-corrected chi connectivity index (χ4v) is 8.38. The number of nitrogens with zero attached hydrogens (tertiary/aromatic N) is 1. The van der Waals surface area contributed by atoms with Crippen LogP contribution in [-0.4, -0.2) is 67.9 Å². The number of amides is 2. The van der Waals surface area contributed by atoms with E-state index in [1.54, 1.807) is 17.0 Å². The van der Waals surface area contributed by atoms with Gasteiger partial charge in [0.1, 0.15) is 5.75 Å². The molecule has 0 saturated heterocycles. The van der Waals surface area contributed by atoms with Crippen molar-refractivity contribution in [1.29, 1.82) is 0 Å². The molecule has 278 valence electrons. The summed E-state index contributed by atoms with van der Waals surface area (Å²) >= 11 is 0. The lowest BCUT2D eigenvalue weighted by Crippen LogP contribution is -2.50. The minimum absolute atomic E-state index is 0.0388. The van der Waals surface area contributed by atoms with Gasteiger partial charge in [-0.1, -0.05) is 67.8 Å². The van der Waals surface area contributed by atoms with Gasteiger partial charge in [-0.2, -0.15) is 0 Å². The summed E-state index contributed by atoms with van der Waals surface area (Å²) in [6.45, 7) is 3.11. The van der Waals surface area contributed by atoms with E-state index in [9.17, 15) is 29.7 Å². The summed E-state index contributed by atoms with van der Waals surface area (Å²) in [6.07, 6.45) is 13.0. The molecule has 2 saturated carbocycles. The van der Waals surface area contributed by atoms with E-state index in [2.05, 4.69) is 15.6 Å². The highest BCUT2D eigenvalue weighted by atomic mass is 16.4. The van der Waals surface area contributed by atoms with Crippen LogP contribution in [0.25, 0.3) is 10.9 Å². The number of aromatic hydroxyl groups is 1. The fourth-order valence-electron chi connectivity index (χ4n) is 8.38. The largest absolute Gasteiger partial charge is 0.506 e.